The molecule has 1 saturated carbocycles. The third-order valence-electron chi connectivity index (χ3n) is 7.42. The van der Waals surface area contributed by atoms with E-state index in [1.165, 1.54) is 17.0 Å². The highest BCUT2D eigenvalue weighted by Crippen LogP contribution is 2.27. The lowest BCUT2D eigenvalue weighted by Gasteiger charge is -2.33. The molecule has 3 aromatic rings. The number of aryl methyl sites for hydroxylation is 1. The highest BCUT2D eigenvalue weighted by Gasteiger charge is 2.33. The van der Waals surface area contributed by atoms with Crippen molar-refractivity contribution in [2.24, 2.45) is 0 Å². The van der Waals surface area contributed by atoms with E-state index in [0.717, 1.165) is 46.4 Å². The standard InChI is InChI=1S/C31H35BrClN3O4S/c1-22-12-18-28(19-13-22)41(39,40)36(27-16-14-25(32)15-17-27)21-30(37)35(20-24-8-6-7-11-29(24)33)23(2)31(38)34-26-9-4-3-5-10-26/h6-8,11-19,23,26H,3-5,9-10,20-21H2,1-2H3,(H,34,38)/t23-/m1/s1. The first kappa shape index (κ1) is 31.1. The zero-order chi connectivity index (χ0) is 29.6. The van der Waals surface area contributed by atoms with Gasteiger partial charge in [0, 0.05) is 22.1 Å². The molecule has 0 saturated heterocycles. The molecule has 1 aliphatic rings. The van der Waals surface area contributed by atoms with Gasteiger partial charge in [-0.3, -0.25) is 13.9 Å². The van der Waals surface area contributed by atoms with Crippen molar-refractivity contribution in [3.8, 4) is 0 Å². The molecule has 0 spiro atoms. The maximum absolute atomic E-state index is 14.1. The summed E-state index contributed by atoms with van der Waals surface area (Å²) in [7, 11) is -4.12. The first-order valence-corrected chi connectivity index (χ1v) is 16.4. The number of hydrogen-bond donors (Lipinski definition) is 1. The van der Waals surface area contributed by atoms with Crippen LogP contribution in [-0.4, -0.2) is 43.8 Å². The van der Waals surface area contributed by atoms with Crippen molar-refractivity contribution in [3.63, 3.8) is 0 Å². The lowest BCUT2D eigenvalue weighted by molar-refractivity contribution is -0.139. The van der Waals surface area contributed by atoms with E-state index in [1.54, 1.807) is 61.5 Å². The second-order valence-electron chi connectivity index (χ2n) is 10.4. The van der Waals surface area contributed by atoms with Gasteiger partial charge in [-0.1, -0.05) is 82.7 Å². The van der Waals surface area contributed by atoms with E-state index in [1.807, 2.05) is 13.0 Å². The minimum Gasteiger partial charge on any atom is -0.352 e. The van der Waals surface area contributed by atoms with Crippen LogP contribution in [-0.2, 0) is 26.2 Å². The van der Waals surface area contributed by atoms with Crippen LogP contribution in [0.5, 0.6) is 0 Å². The molecule has 0 unspecified atom stereocenters. The van der Waals surface area contributed by atoms with Gasteiger partial charge in [-0.15, -0.1) is 0 Å². The molecular weight excluding hydrogens is 626 g/mol. The lowest BCUT2D eigenvalue weighted by Crippen LogP contribution is -2.53. The number of carbonyl (C=O) groups excluding carboxylic acids is 2. The quantitative estimate of drug-likeness (QED) is 0.270. The third-order valence-corrected chi connectivity index (χ3v) is 10.1. The number of amides is 2. The first-order chi connectivity index (χ1) is 19.6. The van der Waals surface area contributed by atoms with Gasteiger partial charge in [0.2, 0.25) is 11.8 Å². The Morgan fingerprint density at radius 1 is 0.976 bits per heavy atom. The van der Waals surface area contributed by atoms with Crippen LogP contribution in [0.15, 0.2) is 82.2 Å². The predicted molar refractivity (Wildman–Crippen MR) is 166 cm³/mol. The minimum absolute atomic E-state index is 0.0521. The topological polar surface area (TPSA) is 86.8 Å². The van der Waals surface area contributed by atoms with Gasteiger partial charge in [-0.2, -0.15) is 0 Å². The molecule has 1 N–H and O–H groups in total. The van der Waals surface area contributed by atoms with Crippen LogP contribution < -0.4 is 9.62 Å². The number of nitrogens with zero attached hydrogens (tertiary/aromatic N) is 2. The molecular formula is C31H35BrClN3O4S. The van der Waals surface area contributed by atoms with Crippen LogP contribution in [0.1, 0.15) is 50.2 Å². The second-order valence-corrected chi connectivity index (χ2v) is 13.6. The molecule has 7 nitrogen and oxygen atoms in total. The highest BCUT2D eigenvalue weighted by atomic mass is 79.9. The Balaban J connectivity index is 1.68. The molecule has 10 heteroatoms. The van der Waals surface area contributed by atoms with E-state index >= 15 is 0 Å². The van der Waals surface area contributed by atoms with Gasteiger partial charge < -0.3 is 10.2 Å². The average molecular weight is 661 g/mol. The lowest BCUT2D eigenvalue weighted by atomic mass is 9.95. The van der Waals surface area contributed by atoms with E-state index in [4.69, 9.17) is 11.6 Å². The largest absolute Gasteiger partial charge is 0.352 e. The van der Waals surface area contributed by atoms with Gasteiger partial charge in [-0.25, -0.2) is 8.42 Å². The number of sulfonamides is 1. The van der Waals surface area contributed by atoms with Crippen LogP contribution >= 0.6 is 27.5 Å². The number of hydrogen-bond acceptors (Lipinski definition) is 4. The SMILES string of the molecule is Cc1ccc(S(=O)(=O)N(CC(=O)N(Cc2ccccc2Cl)[C@H](C)C(=O)NC2CCCCC2)c2ccc(Br)cc2)cc1. The molecule has 0 aliphatic heterocycles. The highest BCUT2D eigenvalue weighted by molar-refractivity contribution is 9.10. The second kappa shape index (κ2) is 13.9. The Hall–Kier alpha value is -2.88. The fraction of sp³-hybridized carbons (Fsp3) is 0.355. The summed E-state index contributed by atoms with van der Waals surface area (Å²) in [6, 6.07) is 19.6. The summed E-state index contributed by atoms with van der Waals surface area (Å²) in [5.74, 6) is -0.788. The van der Waals surface area contributed by atoms with Gasteiger partial charge in [0.05, 0.1) is 10.6 Å². The van der Waals surface area contributed by atoms with Crippen LogP contribution in [0.4, 0.5) is 5.69 Å². The zero-order valence-electron chi connectivity index (χ0n) is 23.2. The summed E-state index contributed by atoms with van der Waals surface area (Å²) < 4.78 is 29.7. The van der Waals surface area contributed by atoms with E-state index in [9.17, 15) is 18.0 Å². The molecule has 4 rings (SSSR count). The summed E-state index contributed by atoms with van der Waals surface area (Å²) in [6.07, 6.45) is 5.08. The summed E-state index contributed by atoms with van der Waals surface area (Å²) in [6.45, 7) is 3.10. The van der Waals surface area contributed by atoms with Crippen molar-refractivity contribution in [2.75, 3.05) is 10.8 Å². The molecule has 218 valence electrons. The summed E-state index contributed by atoms with van der Waals surface area (Å²) >= 11 is 9.84. The van der Waals surface area contributed by atoms with Crippen molar-refractivity contribution >= 4 is 55.1 Å². The predicted octanol–water partition coefficient (Wildman–Crippen LogP) is 6.47. The fourth-order valence-electron chi connectivity index (χ4n) is 4.94. The molecule has 2 amide bonds. The van der Waals surface area contributed by atoms with Crippen molar-refractivity contribution in [1.82, 2.24) is 10.2 Å². The zero-order valence-corrected chi connectivity index (χ0v) is 26.4. The molecule has 41 heavy (non-hydrogen) atoms. The maximum Gasteiger partial charge on any atom is 0.264 e. The Morgan fingerprint density at radius 2 is 1.61 bits per heavy atom. The molecule has 0 aromatic heterocycles. The smallest absolute Gasteiger partial charge is 0.264 e. The monoisotopic (exact) mass is 659 g/mol. The number of anilines is 1. The van der Waals surface area contributed by atoms with Crippen LogP contribution in [0.3, 0.4) is 0 Å². The minimum atomic E-state index is -4.12. The first-order valence-electron chi connectivity index (χ1n) is 13.7. The van der Waals surface area contributed by atoms with Crippen LogP contribution in [0, 0.1) is 6.92 Å². The summed E-state index contributed by atoms with van der Waals surface area (Å²) in [5, 5.41) is 3.56. The van der Waals surface area contributed by atoms with E-state index < -0.39 is 28.5 Å². The number of carbonyl (C=O) groups is 2. The van der Waals surface area contributed by atoms with Crippen molar-refractivity contribution in [1.29, 1.82) is 0 Å². The number of nitrogens with one attached hydrogen (secondary N) is 1. The van der Waals surface area contributed by atoms with Gasteiger partial charge in [-0.05, 0) is 74.7 Å². The number of rotatable bonds is 10. The Morgan fingerprint density at radius 3 is 2.24 bits per heavy atom. The van der Waals surface area contributed by atoms with E-state index in [2.05, 4.69) is 21.2 Å². The number of halogens is 2. The third kappa shape index (κ3) is 7.90. The van der Waals surface area contributed by atoms with Gasteiger partial charge in [0.1, 0.15) is 12.6 Å². The number of benzene rings is 3. The van der Waals surface area contributed by atoms with Crippen molar-refractivity contribution in [3.05, 3.63) is 93.4 Å². The van der Waals surface area contributed by atoms with Gasteiger partial charge in [0.15, 0.2) is 0 Å². The Labute approximate surface area is 256 Å². The normalized spacial score (nSPS) is 14.7. The van der Waals surface area contributed by atoms with Crippen molar-refractivity contribution < 1.29 is 18.0 Å². The van der Waals surface area contributed by atoms with E-state index in [-0.39, 0.29) is 23.4 Å². The summed E-state index contributed by atoms with van der Waals surface area (Å²) in [4.78, 5) is 28.9. The summed E-state index contributed by atoms with van der Waals surface area (Å²) in [5.41, 5.74) is 1.91. The average Bonchev–Trinajstić information content (AvgIpc) is 2.96. The molecule has 1 atom stereocenters. The Bertz CT molecular complexity index is 1460. The molecule has 1 fully saturated rings. The van der Waals surface area contributed by atoms with Gasteiger partial charge >= 0.3 is 0 Å². The molecule has 1 aliphatic carbocycles. The Kier molecular flexibility index (Phi) is 10.5. The molecule has 0 heterocycles. The van der Waals surface area contributed by atoms with Crippen molar-refractivity contribution in [2.45, 2.75) is 69.5 Å². The molecule has 3 aromatic carbocycles. The van der Waals surface area contributed by atoms with Gasteiger partial charge in [0.25, 0.3) is 10.0 Å². The molecule has 0 bridgehead atoms. The maximum atomic E-state index is 14.1. The fourth-order valence-corrected chi connectivity index (χ4v) is 6.81. The van der Waals surface area contributed by atoms with E-state index in [0.29, 0.717) is 16.3 Å². The van der Waals surface area contributed by atoms with Crippen LogP contribution in [0.25, 0.3) is 0 Å². The van der Waals surface area contributed by atoms with Crippen LogP contribution in [0.2, 0.25) is 5.02 Å². The molecule has 0 radical (unpaired) electrons.